The maximum absolute atomic E-state index is 12.0. The molecule has 0 amide bonds. The maximum Gasteiger partial charge on any atom is 1.00 e. The van der Waals surface area contributed by atoms with Crippen LogP contribution in [-0.2, 0) is 19.6 Å². The first-order chi connectivity index (χ1) is 11.0. The summed E-state index contributed by atoms with van der Waals surface area (Å²) in [5, 5.41) is 0. The molecule has 1 aromatic carbocycles. The fourth-order valence-corrected chi connectivity index (χ4v) is 2.19. The molecular weight excluding hydrogens is 375 g/mol. The van der Waals surface area contributed by atoms with Crippen LogP contribution in [0.2, 0.25) is 0 Å². The van der Waals surface area contributed by atoms with Crippen molar-refractivity contribution in [3.63, 3.8) is 0 Å². The number of ether oxygens (including phenoxy) is 2. The van der Waals surface area contributed by atoms with E-state index in [-0.39, 0.29) is 89.0 Å². The Kier molecular flexibility index (Phi) is 10.6. The molecule has 0 spiro atoms. The van der Waals surface area contributed by atoms with Gasteiger partial charge in [-0.05, 0) is 30.0 Å². The first kappa shape index (κ1) is 24.7. The van der Waals surface area contributed by atoms with Crippen LogP contribution in [0.5, 0.6) is 0 Å². The summed E-state index contributed by atoms with van der Waals surface area (Å²) in [5.41, 5.74) is -0.301. The zero-order valence-corrected chi connectivity index (χ0v) is 19.0. The summed E-state index contributed by atoms with van der Waals surface area (Å²) in [6, 6.07) is 3.09. The van der Waals surface area contributed by atoms with Gasteiger partial charge >= 0.3 is 63.3 Å². The molecule has 0 bridgehead atoms. The average molecular weight is 399 g/mol. The number of hydrogen-bond donors (Lipinski definition) is 1. The minimum absolute atomic E-state index is 0. The average Bonchev–Trinajstić information content (AvgIpc) is 2.48. The van der Waals surface area contributed by atoms with E-state index in [4.69, 9.17) is 9.47 Å². The second kappa shape index (κ2) is 10.8. The van der Waals surface area contributed by atoms with Gasteiger partial charge in [0.1, 0.15) is 0 Å². The fraction of sp³-hybridized carbons (Fsp3) is 0.500. The molecule has 7 nitrogen and oxygen atoms in total. The largest absolute Gasteiger partial charge is 1.00 e. The Morgan fingerprint density at radius 2 is 1.32 bits per heavy atom. The number of benzene rings is 1. The number of carbonyl (C=O) groups excluding carboxylic acids is 2. The first-order valence-corrected chi connectivity index (χ1v) is 8.91. The van der Waals surface area contributed by atoms with Crippen molar-refractivity contribution in [3.8, 4) is 0 Å². The van der Waals surface area contributed by atoms with Gasteiger partial charge in [-0.1, -0.05) is 27.7 Å². The van der Waals surface area contributed by atoms with Crippen molar-refractivity contribution in [1.29, 1.82) is 0 Å². The zero-order valence-electron chi connectivity index (χ0n) is 16.1. The van der Waals surface area contributed by atoms with Gasteiger partial charge in [0.2, 0.25) is 0 Å². The Morgan fingerprint density at radius 3 is 1.60 bits per heavy atom. The van der Waals surface area contributed by atoms with E-state index < -0.39 is 27.0 Å². The van der Waals surface area contributed by atoms with Crippen LogP contribution in [0.3, 0.4) is 0 Å². The molecule has 0 aliphatic heterocycles. The Labute approximate surface area is 192 Å². The van der Waals surface area contributed by atoms with E-state index in [2.05, 4.69) is 0 Å². The summed E-state index contributed by atoms with van der Waals surface area (Å²) < 4.78 is 42.0. The van der Waals surface area contributed by atoms with Crippen molar-refractivity contribution in [2.24, 2.45) is 11.8 Å². The smallest absolute Gasteiger partial charge is 1.00 e. The molecule has 0 unspecified atom stereocenters. The summed E-state index contributed by atoms with van der Waals surface area (Å²) >= 11 is 0. The molecule has 0 atom stereocenters. The van der Waals surface area contributed by atoms with Gasteiger partial charge in [-0.15, -0.1) is 0 Å². The Morgan fingerprint density at radius 1 is 0.960 bits per heavy atom. The van der Waals surface area contributed by atoms with Crippen molar-refractivity contribution in [2.45, 2.75) is 32.6 Å². The van der Waals surface area contributed by atoms with Gasteiger partial charge in [-0.3, -0.25) is 4.55 Å². The second-order valence-corrected chi connectivity index (χ2v) is 7.63. The van der Waals surface area contributed by atoms with E-state index in [1.54, 1.807) is 0 Å². The molecule has 0 aromatic heterocycles. The number of rotatable bonds is 7. The first-order valence-electron chi connectivity index (χ1n) is 7.47. The molecule has 1 N–H and O–H groups in total. The van der Waals surface area contributed by atoms with Crippen LogP contribution in [0.1, 0.15) is 49.8 Å². The molecule has 1 rings (SSSR count). The van der Waals surface area contributed by atoms with Crippen molar-refractivity contribution >= 4 is 22.1 Å². The van der Waals surface area contributed by atoms with Crippen LogP contribution in [-0.4, -0.2) is 38.1 Å². The van der Waals surface area contributed by atoms with Gasteiger partial charge < -0.3 is 10.9 Å². The van der Waals surface area contributed by atoms with E-state index in [0.29, 0.717) is 0 Å². The van der Waals surface area contributed by atoms with Gasteiger partial charge in [0, 0.05) is 0 Å². The van der Waals surface area contributed by atoms with Crippen LogP contribution in [0, 0.1) is 11.8 Å². The predicted molar refractivity (Wildman–Crippen MR) is 87.6 cm³/mol. The van der Waals surface area contributed by atoms with E-state index >= 15 is 0 Å². The molecule has 0 fully saturated rings. The van der Waals surface area contributed by atoms with Gasteiger partial charge in [0.15, 0.2) is 0 Å². The molecular formula is C16H23KO7S. The third-order valence-electron chi connectivity index (χ3n) is 2.77. The van der Waals surface area contributed by atoms with E-state index in [0.717, 1.165) is 12.1 Å². The summed E-state index contributed by atoms with van der Waals surface area (Å²) in [5.74, 6) is -1.39. The molecule has 25 heavy (non-hydrogen) atoms. The molecule has 0 aliphatic carbocycles. The SMILES string of the molecule is CC(C)COC(=O)c1cc(C(=O)OCC(C)C)cc(S(=O)(=O)O)c1.[H-].[K+]. The summed E-state index contributed by atoms with van der Waals surface area (Å²) in [6.45, 7) is 7.66. The van der Waals surface area contributed by atoms with E-state index in [1.165, 1.54) is 6.07 Å². The van der Waals surface area contributed by atoms with Crippen LogP contribution in [0.15, 0.2) is 23.1 Å². The summed E-state index contributed by atoms with van der Waals surface area (Å²) in [7, 11) is -4.59. The van der Waals surface area contributed by atoms with Crippen LogP contribution < -0.4 is 51.4 Å². The number of carbonyl (C=O) groups is 2. The third-order valence-corrected chi connectivity index (χ3v) is 3.60. The molecule has 0 heterocycles. The number of esters is 2. The second-order valence-electron chi connectivity index (χ2n) is 6.21. The van der Waals surface area contributed by atoms with Crippen molar-refractivity contribution in [1.82, 2.24) is 0 Å². The Balaban J connectivity index is 0. The monoisotopic (exact) mass is 398 g/mol. The topological polar surface area (TPSA) is 107 Å². The van der Waals surface area contributed by atoms with Gasteiger partial charge in [0.25, 0.3) is 10.1 Å². The van der Waals surface area contributed by atoms with Crippen molar-refractivity contribution in [3.05, 3.63) is 29.3 Å². The molecule has 0 radical (unpaired) electrons. The summed E-state index contributed by atoms with van der Waals surface area (Å²) in [6.07, 6.45) is 0. The molecule has 1 aromatic rings. The van der Waals surface area contributed by atoms with Gasteiger partial charge in [-0.2, -0.15) is 8.42 Å². The van der Waals surface area contributed by atoms with Crippen LogP contribution in [0.4, 0.5) is 0 Å². The van der Waals surface area contributed by atoms with E-state index in [9.17, 15) is 22.6 Å². The zero-order chi connectivity index (χ0) is 18.5. The Hall–Kier alpha value is -0.294. The molecule has 0 saturated carbocycles. The molecule has 9 heteroatoms. The van der Waals surface area contributed by atoms with Crippen LogP contribution >= 0.6 is 0 Å². The normalized spacial score (nSPS) is 11.2. The van der Waals surface area contributed by atoms with Gasteiger partial charge in [-0.25, -0.2) is 9.59 Å². The van der Waals surface area contributed by atoms with Crippen molar-refractivity contribution < 1.29 is 84.8 Å². The standard InChI is InChI=1S/C16H22O7S.K.H/c1-10(2)8-22-15(17)12-5-13(16(18)23-9-11(3)4)7-14(6-12)24(19,20)21;;/h5-7,10-11H,8-9H2,1-4H3,(H,19,20,21);;/q;+1;-1. The summed E-state index contributed by atoms with van der Waals surface area (Å²) in [4.78, 5) is 23.5. The quantitative estimate of drug-likeness (QED) is 0.381. The molecule has 0 aliphatic rings. The third kappa shape index (κ3) is 8.76. The minimum Gasteiger partial charge on any atom is -1.00 e. The number of hydrogen-bond acceptors (Lipinski definition) is 6. The Bertz CT molecular complexity index is 675. The van der Waals surface area contributed by atoms with Crippen molar-refractivity contribution in [2.75, 3.05) is 13.2 Å². The molecule has 136 valence electrons. The van der Waals surface area contributed by atoms with E-state index in [1.807, 2.05) is 27.7 Å². The van der Waals surface area contributed by atoms with Gasteiger partial charge in [0.05, 0.1) is 29.2 Å². The fourth-order valence-electron chi connectivity index (χ4n) is 1.64. The maximum atomic E-state index is 12.0. The molecule has 0 saturated heterocycles. The minimum atomic E-state index is -4.59. The predicted octanol–water partition coefficient (Wildman–Crippen LogP) is -0.325. The van der Waals surface area contributed by atoms with Crippen LogP contribution in [0.25, 0.3) is 0 Å².